The van der Waals surface area contributed by atoms with Crippen LogP contribution in [0.25, 0.3) is 10.9 Å². The Morgan fingerprint density at radius 1 is 1.22 bits per heavy atom. The highest BCUT2D eigenvalue weighted by Crippen LogP contribution is 2.15. The Hall–Kier alpha value is -1.90. The second-order valence-corrected chi connectivity index (χ2v) is 4.80. The van der Waals surface area contributed by atoms with Crippen LogP contribution in [0.1, 0.15) is 18.4 Å². The van der Waals surface area contributed by atoms with Gasteiger partial charge < -0.3 is 4.90 Å². The third kappa shape index (κ3) is 2.21. The Morgan fingerprint density at radius 2 is 2.00 bits per heavy atom. The third-order valence-electron chi connectivity index (χ3n) is 3.46. The van der Waals surface area contributed by atoms with Crippen molar-refractivity contribution in [3.8, 4) is 0 Å². The molecule has 3 nitrogen and oxygen atoms in total. The molecule has 0 aliphatic carbocycles. The lowest BCUT2D eigenvalue weighted by Crippen LogP contribution is -2.29. The maximum absolute atomic E-state index is 12.0. The first kappa shape index (κ1) is 11.2. The van der Waals surface area contributed by atoms with Gasteiger partial charge in [0.25, 0.3) is 0 Å². The molecule has 0 saturated carbocycles. The van der Waals surface area contributed by atoms with Gasteiger partial charge in [0.15, 0.2) is 0 Å². The summed E-state index contributed by atoms with van der Waals surface area (Å²) < 4.78 is 0. The predicted molar refractivity (Wildman–Crippen MR) is 71.3 cm³/mol. The summed E-state index contributed by atoms with van der Waals surface area (Å²) in [6, 6.07) is 10.1. The number of likely N-dealkylation sites (tertiary alicyclic amines) is 1. The van der Waals surface area contributed by atoms with E-state index in [0.717, 1.165) is 42.4 Å². The van der Waals surface area contributed by atoms with Gasteiger partial charge in [0.05, 0.1) is 11.9 Å². The molecule has 18 heavy (non-hydrogen) atoms. The molecule has 0 atom stereocenters. The van der Waals surface area contributed by atoms with Crippen LogP contribution < -0.4 is 0 Å². The van der Waals surface area contributed by atoms with Gasteiger partial charge in [0.1, 0.15) is 0 Å². The fourth-order valence-electron chi connectivity index (χ4n) is 2.47. The van der Waals surface area contributed by atoms with Crippen molar-refractivity contribution in [2.75, 3.05) is 13.1 Å². The van der Waals surface area contributed by atoms with Crippen LogP contribution in [0.3, 0.4) is 0 Å². The number of carbonyl (C=O) groups excluding carboxylic acids is 1. The molecule has 0 N–H and O–H groups in total. The molecule has 3 heteroatoms. The monoisotopic (exact) mass is 240 g/mol. The highest BCUT2D eigenvalue weighted by molar-refractivity contribution is 5.82. The molecule has 2 heterocycles. The van der Waals surface area contributed by atoms with E-state index in [1.165, 1.54) is 0 Å². The van der Waals surface area contributed by atoms with Crippen molar-refractivity contribution < 1.29 is 4.79 Å². The number of hydrogen-bond acceptors (Lipinski definition) is 2. The minimum absolute atomic E-state index is 0.226. The number of hydrogen-bond donors (Lipinski definition) is 0. The highest BCUT2D eigenvalue weighted by atomic mass is 16.2. The molecule has 0 spiro atoms. The van der Waals surface area contributed by atoms with Gasteiger partial charge in [-0.05, 0) is 30.5 Å². The van der Waals surface area contributed by atoms with Crippen LogP contribution in [0, 0.1) is 0 Å². The Kier molecular flexibility index (Phi) is 2.97. The van der Waals surface area contributed by atoms with E-state index < -0.39 is 0 Å². The second-order valence-electron chi connectivity index (χ2n) is 4.80. The van der Waals surface area contributed by atoms with E-state index >= 15 is 0 Å². The third-order valence-corrected chi connectivity index (χ3v) is 3.46. The molecule has 1 aliphatic rings. The van der Waals surface area contributed by atoms with E-state index in [4.69, 9.17) is 0 Å². The lowest BCUT2D eigenvalue weighted by molar-refractivity contribution is -0.129. The standard InChI is InChI=1S/C15H16N2O/c18-15(17-7-3-4-8-17)10-12-9-13-5-1-2-6-14(13)16-11-12/h1-2,5-6,9,11H,3-4,7-8,10H2. The number of rotatable bonds is 2. The van der Waals surface area contributed by atoms with E-state index in [0.29, 0.717) is 6.42 Å². The molecule has 1 amide bonds. The molecule has 3 rings (SSSR count). The van der Waals surface area contributed by atoms with Crippen molar-refractivity contribution in [1.82, 2.24) is 9.88 Å². The van der Waals surface area contributed by atoms with Gasteiger partial charge in [-0.3, -0.25) is 9.78 Å². The summed E-state index contributed by atoms with van der Waals surface area (Å²) in [6.45, 7) is 1.83. The van der Waals surface area contributed by atoms with Crippen LogP contribution in [-0.2, 0) is 11.2 Å². The first-order valence-electron chi connectivity index (χ1n) is 6.44. The van der Waals surface area contributed by atoms with Crippen molar-refractivity contribution in [2.45, 2.75) is 19.3 Å². The van der Waals surface area contributed by atoms with Crippen LogP contribution in [0.4, 0.5) is 0 Å². The van der Waals surface area contributed by atoms with Crippen molar-refractivity contribution in [1.29, 1.82) is 0 Å². The van der Waals surface area contributed by atoms with Crippen LogP contribution >= 0.6 is 0 Å². The molecule has 1 fully saturated rings. The topological polar surface area (TPSA) is 33.2 Å². The molecule has 92 valence electrons. The predicted octanol–water partition coefficient (Wildman–Crippen LogP) is 2.40. The Bertz CT molecular complexity index is 573. The fraction of sp³-hybridized carbons (Fsp3) is 0.333. The smallest absolute Gasteiger partial charge is 0.227 e. The molecule has 1 saturated heterocycles. The number of fused-ring (bicyclic) bond motifs is 1. The average Bonchev–Trinajstić information content (AvgIpc) is 2.92. The maximum Gasteiger partial charge on any atom is 0.227 e. The van der Waals surface area contributed by atoms with Crippen molar-refractivity contribution in [3.63, 3.8) is 0 Å². The van der Waals surface area contributed by atoms with Gasteiger partial charge in [-0.1, -0.05) is 18.2 Å². The molecular formula is C15H16N2O. The zero-order valence-corrected chi connectivity index (χ0v) is 10.3. The van der Waals surface area contributed by atoms with Crippen molar-refractivity contribution >= 4 is 16.8 Å². The molecule has 0 bridgehead atoms. The van der Waals surface area contributed by atoms with Gasteiger partial charge >= 0.3 is 0 Å². The highest BCUT2D eigenvalue weighted by Gasteiger charge is 2.17. The Morgan fingerprint density at radius 3 is 2.83 bits per heavy atom. The maximum atomic E-state index is 12.0. The number of amides is 1. The summed E-state index contributed by atoms with van der Waals surface area (Å²) in [7, 11) is 0. The van der Waals surface area contributed by atoms with Gasteiger partial charge in [-0.15, -0.1) is 0 Å². The normalized spacial score (nSPS) is 15.2. The number of carbonyl (C=O) groups is 1. The molecule has 1 aromatic heterocycles. The van der Waals surface area contributed by atoms with E-state index in [1.54, 1.807) is 0 Å². The lowest BCUT2D eigenvalue weighted by atomic mass is 10.1. The summed E-state index contributed by atoms with van der Waals surface area (Å²) in [6.07, 6.45) is 4.57. The minimum Gasteiger partial charge on any atom is -0.342 e. The molecule has 1 aliphatic heterocycles. The molecule has 1 aromatic carbocycles. The number of aromatic nitrogens is 1. The zero-order valence-electron chi connectivity index (χ0n) is 10.3. The quantitative estimate of drug-likeness (QED) is 0.807. The SMILES string of the molecule is O=C(Cc1cnc2ccccc2c1)N1CCCC1. The number of nitrogens with zero attached hydrogens (tertiary/aromatic N) is 2. The largest absolute Gasteiger partial charge is 0.342 e. The van der Waals surface area contributed by atoms with E-state index in [9.17, 15) is 4.79 Å². The van der Waals surface area contributed by atoms with Crippen molar-refractivity contribution in [2.24, 2.45) is 0 Å². The molecule has 2 aromatic rings. The number of pyridine rings is 1. The summed E-state index contributed by atoms with van der Waals surface area (Å²) in [4.78, 5) is 18.4. The Balaban J connectivity index is 1.79. The fourth-order valence-corrected chi connectivity index (χ4v) is 2.47. The average molecular weight is 240 g/mol. The first-order chi connectivity index (χ1) is 8.83. The first-order valence-corrected chi connectivity index (χ1v) is 6.44. The van der Waals surface area contributed by atoms with E-state index in [2.05, 4.69) is 11.1 Å². The van der Waals surface area contributed by atoms with Crippen LogP contribution in [0.15, 0.2) is 36.5 Å². The van der Waals surface area contributed by atoms with E-state index in [-0.39, 0.29) is 5.91 Å². The zero-order chi connectivity index (χ0) is 12.4. The van der Waals surface area contributed by atoms with Gasteiger partial charge in [-0.2, -0.15) is 0 Å². The van der Waals surface area contributed by atoms with E-state index in [1.807, 2.05) is 35.4 Å². The van der Waals surface area contributed by atoms with Crippen LogP contribution in [0.5, 0.6) is 0 Å². The molecule has 0 radical (unpaired) electrons. The van der Waals surface area contributed by atoms with Crippen LogP contribution in [0.2, 0.25) is 0 Å². The summed E-state index contributed by atoms with van der Waals surface area (Å²) in [5.41, 5.74) is 1.99. The molecule has 0 unspecified atom stereocenters. The summed E-state index contributed by atoms with van der Waals surface area (Å²) >= 11 is 0. The van der Waals surface area contributed by atoms with Gasteiger partial charge in [-0.25, -0.2) is 0 Å². The lowest BCUT2D eigenvalue weighted by Gasteiger charge is -2.15. The second kappa shape index (κ2) is 4.77. The Labute approximate surface area is 106 Å². The number of benzene rings is 1. The minimum atomic E-state index is 0.226. The summed E-state index contributed by atoms with van der Waals surface area (Å²) in [5, 5.41) is 1.10. The van der Waals surface area contributed by atoms with Gasteiger partial charge in [0.2, 0.25) is 5.91 Å². The number of para-hydroxylation sites is 1. The van der Waals surface area contributed by atoms with Crippen LogP contribution in [-0.4, -0.2) is 28.9 Å². The van der Waals surface area contributed by atoms with Gasteiger partial charge in [0, 0.05) is 24.7 Å². The van der Waals surface area contributed by atoms with Crippen molar-refractivity contribution in [3.05, 3.63) is 42.1 Å². The summed E-state index contributed by atoms with van der Waals surface area (Å²) in [5.74, 6) is 0.226. The molecular weight excluding hydrogens is 224 g/mol.